The van der Waals surface area contributed by atoms with E-state index >= 15 is 0 Å². The monoisotopic (exact) mass is 469 g/mol. The fraction of sp³-hybridized carbons (Fsp3) is 0.192. The summed E-state index contributed by atoms with van der Waals surface area (Å²) < 4.78 is 5.63. The van der Waals surface area contributed by atoms with E-state index in [4.69, 9.17) is 4.42 Å². The van der Waals surface area contributed by atoms with Gasteiger partial charge in [-0.3, -0.25) is 4.79 Å². The topological polar surface area (TPSA) is 98.6 Å². The van der Waals surface area contributed by atoms with Crippen LogP contribution in [0.2, 0.25) is 0 Å². The van der Waals surface area contributed by atoms with Gasteiger partial charge in [0, 0.05) is 43.6 Å². The van der Waals surface area contributed by atoms with Crippen LogP contribution in [0.4, 0.5) is 34.5 Å². The number of furan rings is 1. The summed E-state index contributed by atoms with van der Waals surface area (Å²) in [4.78, 5) is 25.8. The standard InChI is InChI=1S/C26H27N7O2/c1-3-23(34)28-20-6-4-5-7-21(20)29-25-24-22(12-17-35-24)30-26(31-25)27-18-8-10-19(11-9-18)33-15-13-32(2)14-16-33/h3-12,17H,1,13-16H2,2H3,(H,28,34)(H2,27,29,30,31). The van der Waals surface area contributed by atoms with Gasteiger partial charge >= 0.3 is 0 Å². The number of rotatable bonds is 7. The minimum Gasteiger partial charge on any atom is -0.459 e. The number of anilines is 6. The molecule has 3 heterocycles. The molecule has 9 heteroatoms. The molecule has 178 valence electrons. The van der Waals surface area contributed by atoms with E-state index in [0.717, 1.165) is 31.9 Å². The molecule has 3 N–H and O–H groups in total. The average Bonchev–Trinajstić information content (AvgIpc) is 3.35. The van der Waals surface area contributed by atoms with E-state index in [1.54, 1.807) is 18.4 Å². The Morgan fingerprint density at radius 1 is 0.971 bits per heavy atom. The van der Waals surface area contributed by atoms with Crippen LogP contribution in [-0.4, -0.2) is 54.0 Å². The van der Waals surface area contributed by atoms with Crippen molar-refractivity contribution in [3.8, 4) is 0 Å². The van der Waals surface area contributed by atoms with Crippen molar-refractivity contribution in [3.05, 3.63) is 73.5 Å². The van der Waals surface area contributed by atoms with Gasteiger partial charge in [-0.1, -0.05) is 18.7 Å². The van der Waals surface area contributed by atoms with Gasteiger partial charge in [-0.15, -0.1) is 0 Å². The third-order valence-corrected chi connectivity index (χ3v) is 5.92. The second kappa shape index (κ2) is 9.86. The molecule has 0 atom stereocenters. The Hall–Kier alpha value is -4.37. The van der Waals surface area contributed by atoms with Gasteiger partial charge in [0.25, 0.3) is 0 Å². The number of fused-ring (bicyclic) bond motifs is 1. The van der Waals surface area contributed by atoms with Gasteiger partial charge in [-0.25, -0.2) is 4.98 Å². The van der Waals surface area contributed by atoms with Crippen LogP contribution in [0.25, 0.3) is 11.1 Å². The minimum atomic E-state index is -0.299. The van der Waals surface area contributed by atoms with Crippen LogP contribution in [0.3, 0.4) is 0 Å². The maximum Gasteiger partial charge on any atom is 0.247 e. The number of piperazine rings is 1. The number of likely N-dealkylation sites (N-methyl/N-ethyl adjacent to an activating group) is 1. The Labute approximate surface area is 203 Å². The van der Waals surface area contributed by atoms with Gasteiger partial charge in [0.05, 0.1) is 17.6 Å². The number of para-hydroxylation sites is 2. The molecular formula is C26H27N7O2. The summed E-state index contributed by atoms with van der Waals surface area (Å²) in [6, 6.07) is 17.4. The predicted octanol–water partition coefficient (Wildman–Crippen LogP) is 4.59. The first-order chi connectivity index (χ1) is 17.1. The Morgan fingerprint density at radius 3 is 2.46 bits per heavy atom. The first kappa shape index (κ1) is 22.4. The summed E-state index contributed by atoms with van der Waals surface area (Å²) >= 11 is 0. The molecule has 0 unspecified atom stereocenters. The number of carbonyl (C=O) groups is 1. The van der Waals surface area contributed by atoms with E-state index < -0.39 is 0 Å². The molecule has 1 saturated heterocycles. The van der Waals surface area contributed by atoms with Crippen LogP contribution >= 0.6 is 0 Å². The van der Waals surface area contributed by atoms with E-state index in [1.165, 1.54) is 11.8 Å². The lowest BCUT2D eigenvalue weighted by molar-refractivity contribution is -0.111. The number of carbonyl (C=O) groups excluding carboxylic acids is 1. The second-order valence-corrected chi connectivity index (χ2v) is 8.36. The summed E-state index contributed by atoms with van der Waals surface area (Å²) in [5.41, 5.74) is 4.54. The van der Waals surface area contributed by atoms with Crippen molar-refractivity contribution in [3.63, 3.8) is 0 Å². The Morgan fingerprint density at radius 2 is 1.71 bits per heavy atom. The van der Waals surface area contributed by atoms with Crippen molar-refractivity contribution < 1.29 is 9.21 Å². The lowest BCUT2D eigenvalue weighted by atomic mass is 10.2. The molecule has 2 aromatic heterocycles. The zero-order chi connectivity index (χ0) is 24.2. The molecule has 1 fully saturated rings. The SMILES string of the molecule is C=CC(=O)Nc1ccccc1Nc1nc(Nc2ccc(N3CCN(C)CC3)cc2)nc2ccoc12. The molecule has 1 aliphatic heterocycles. The van der Waals surface area contributed by atoms with Crippen LogP contribution in [0.1, 0.15) is 0 Å². The largest absolute Gasteiger partial charge is 0.459 e. The molecule has 35 heavy (non-hydrogen) atoms. The fourth-order valence-corrected chi connectivity index (χ4v) is 3.97. The number of benzene rings is 2. The van der Waals surface area contributed by atoms with Crippen LogP contribution in [-0.2, 0) is 4.79 Å². The van der Waals surface area contributed by atoms with E-state index in [0.29, 0.717) is 34.2 Å². The second-order valence-electron chi connectivity index (χ2n) is 8.36. The van der Waals surface area contributed by atoms with E-state index in [-0.39, 0.29) is 5.91 Å². The van der Waals surface area contributed by atoms with Crippen molar-refractivity contribution in [1.82, 2.24) is 14.9 Å². The van der Waals surface area contributed by atoms with E-state index in [9.17, 15) is 4.79 Å². The Balaban J connectivity index is 1.37. The van der Waals surface area contributed by atoms with Gasteiger partial charge in [0.2, 0.25) is 11.9 Å². The summed E-state index contributed by atoms with van der Waals surface area (Å²) in [5.74, 6) is 0.616. The number of hydrogen-bond donors (Lipinski definition) is 3. The molecule has 1 amide bonds. The van der Waals surface area contributed by atoms with Crippen molar-refractivity contribution >= 4 is 51.5 Å². The summed E-state index contributed by atoms with van der Waals surface area (Å²) in [5, 5.41) is 9.36. The van der Waals surface area contributed by atoms with E-state index in [1.807, 2.05) is 30.3 Å². The quantitative estimate of drug-likeness (QED) is 0.338. The molecule has 0 bridgehead atoms. The van der Waals surface area contributed by atoms with Crippen molar-refractivity contribution in [2.24, 2.45) is 0 Å². The lowest BCUT2D eigenvalue weighted by Gasteiger charge is -2.34. The van der Waals surface area contributed by atoms with Crippen LogP contribution < -0.4 is 20.9 Å². The zero-order valence-electron chi connectivity index (χ0n) is 19.5. The van der Waals surface area contributed by atoms with Gasteiger partial charge in [-0.2, -0.15) is 4.98 Å². The molecule has 1 aliphatic rings. The number of hydrogen-bond acceptors (Lipinski definition) is 8. The highest BCUT2D eigenvalue weighted by Crippen LogP contribution is 2.30. The molecule has 5 rings (SSSR count). The third kappa shape index (κ3) is 5.10. The Kier molecular flexibility index (Phi) is 6.32. The summed E-state index contributed by atoms with van der Waals surface area (Å²) in [6.45, 7) is 7.68. The first-order valence-electron chi connectivity index (χ1n) is 11.4. The predicted molar refractivity (Wildman–Crippen MR) is 140 cm³/mol. The fourth-order valence-electron chi connectivity index (χ4n) is 3.97. The molecule has 2 aromatic carbocycles. The lowest BCUT2D eigenvalue weighted by Crippen LogP contribution is -2.44. The maximum absolute atomic E-state index is 11.8. The van der Waals surface area contributed by atoms with Crippen LogP contribution in [0, 0.1) is 0 Å². The average molecular weight is 470 g/mol. The molecule has 0 radical (unpaired) electrons. The van der Waals surface area contributed by atoms with E-state index in [2.05, 4.69) is 61.5 Å². The number of nitrogens with zero attached hydrogens (tertiary/aromatic N) is 4. The van der Waals surface area contributed by atoms with Crippen LogP contribution in [0.15, 0.2) is 77.9 Å². The maximum atomic E-state index is 11.8. The highest BCUT2D eigenvalue weighted by atomic mass is 16.3. The highest BCUT2D eigenvalue weighted by Gasteiger charge is 2.15. The third-order valence-electron chi connectivity index (χ3n) is 5.92. The molecular weight excluding hydrogens is 442 g/mol. The Bertz CT molecular complexity index is 1340. The molecule has 9 nitrogen and oxygen atoms in total. The van der Waals surface area contributed by atoms with Crippen molar-refractivity contribution in [2.45, 2.75) is 0 Å². The van der Waals surface area contributed by atoms with Gasteiger partial charge in [0.1, 0.15) is 5.52 Å². The number of nitrogens with one attached hydrogen (secondary N) is 3. The van der Waals surface area contributed by atoms with Gasteiger partial charge < -0.3 is 30.2 Å². The number of amides is 1. The van der Waals surface area contributed by atoms with Crippen LogP contribution in [0.5, 0.6) is 0 Å². The zero-order valence-corrected chi connectivity index (χ0v) is 19.5. The first-order valence-corrected chi connectivity index (χ1v) is 11.4. The summed E-state index contributed by atoms with van der Waals surface area (Å²) in [7, 11) is 2.15. The van der Waals surface area contributed by atoms with Crippen molar-refractivity contribution in [2.75, 3.05) is 54.1 Å². The minimum absolute atomic E-state index is 0.299. The molecule has 4 aromatic rings. The normalized spacial score (nSPS) is 14.0. The number of aromatic nitrogens is 2. The summed E-state index contributed by atoms with van der Waals surface area (Å²) in [6.07, 6.45) is 2.80. The van der Waals surface area contributed by atoms with Gasteiger partial charge in [-0.05, 0) is 49.5 Å². The molecule has 0 aliphatic carbocycles. The smallest absolute Gasteiger partial charge is 0.247 e. The van der Waals surface area contributed by atoms with Crippen molar-refractivity contribution in [1.29, 1.82) is 0 Å². The molecule has 0 saturated carbocycles. The molecule has 0 spiro atoms. The van der Waals surface area contributed by atoms with Gasteiger partial charge in [0.15, 0.2) is 11.4 Å². The highest BCUT2D eigenvalue weighted by molar-refractivity contribution is 6.01.